The molecule has 5 nitrogen and oxygen atoms in total. The van der Waals surface area contributed by atoms with E-state index >= 15 is 0 Å². The van der Waals surface area contributed by atoms with E-state index in [9.17, 15) is 10.2 Å². The minimum Gasteiger partial charge on any atom is -0.504 e. The van der Waals surface area contributed by atoms with Crippen molar-refractivity contribution in [3.8, 4) is 40.0 Å². The lowest BCUT2D eigenvalue weighted by molar-refractivity contribution is 0.401. The van der Waals surface area contributed by atoms with Crippen molar-refractivity contribution in [2.24, 2.45) is 0 Å². The van der Waals surface area contributed by atoms with Crippen LogP contribution >= 0.6 is 47.8 Å². The van der Waals surface area contributed by atoms with E-state index in [-0.39, 0.29) is 11.5 Å². The predicted molar refractivity (Wildman–Crippen MR) is 100 cm³/mol. The molecule has 2 N–H and O–H groups in total. The zero-order valence-electron chi connectivity index (χ0n) is 12.2. The second-order valence-electron chi connectivity index (χ2n) is 4.80. The fourth-order valence-corrected chi connectivity index (χ4v) is 3.54. The maximum atomic E-state index is 9.79. The van der Waals surface area contributed by atoms with E-state index in [1.807, 2.05) is 18.2 Å². The Hall–Kier alpha value is -1.51. The second kappa shape index (κ2) is 6.78. The maximum absolute atomic E-state index is 9.79. The SMILES string of the molecule is COc1ccc(-c2cnc(-c3cc(O)c(O)c(Br)c3Br)o2)cc1Br. The number of nitrogens with zero attached hydrogens (tertiary/aromatic N) is 1. The lowest BCUT2D eigenvalue weighted by Gasteiger charge is -2.07. The van der Waals surface area contributed by atoms with Gasteiger partial charge < -0.3 is 19.4 Å². The highest BCUT2D eigenvalue weighted by atomic mass is 79.9. The van der Waals surface area contributed by atoms with Crippen molar-refractivity contribution in [3.05, 3.63) is 43.9 Å². The molecular formula is C16H10Br3NO4. The number of methoxy groups -OCH3 is 1. The summed E-state index contributed by atoms with van der Waals surface area (Å²) in [5, 5.41) is 19.5. The van der Waals surface area contributed by atoms with E-state index < -0.39 is 0 Å². The number of ether oxygens (including phenoxy) is 1. The first-order chi connectivity index (χ1) is 11.4. The molecule has 0 fully saturated rings. The van der Waals surface area contributed by atoms with Crippen molar-refractivity contribution < 1.29 is 19.4 Å². The second-order valence-corrected chi connectivity index (χ2v) is 7.24. The summed E-state index contributed by atoms with van der Waals surface area (Å²) in [6.45, 7) is 0. The fraction of sp³-hybridized carbons (Fsp3) is 0.0625. The fourth-order valence-electron chi connectivity index (χ4n) is 2.11. The van der Waals surface area contributed by atoms with Crippen molar-refractivity contribution in [1.82, 2.24) is 4.98 Å². The summed E-state index contributed by atoms with van der Waals surface area (Å²) in [4.78, 5) is 4.25. The van der Waals surface area contributed by atoms with Gasteiger partial charge in [0.1, 0.15) is 5.75 Å². The van der Waals surface area contributed by atoms with Gasteiger partial charge in [0.2, 0.25) is 5.89 Å². The van der Waals surface area contributed by atoms with Crippen LogP contribution in [-0.2, 0) is 0 Å². The van der Waals surface area contributed by atoms with Crippen LogP contribution in [0.2, 0.25) is 0 Å². The van der Waals surface area contributed by atoms with Gasteiger partial charge in [-0.1, -0.05) is 0 Å². The van der Waals surface area contributed by atoms with Gasteiger partial charge in [0, 0.05) is 10.0 Å². The molecule has 124 valence electrons. The van der Waals surface area contributed by atoms with Crippen LogP contribution in [0.1, 0.15) is 0 Å². The Morgan fingerprint density at radius 3 is 2.50 bits per heavy atom. The Bertz CT molecular complexity index is 924. The first-order valence-corrected chi connectivity index (χ1v) is 9.00. The number of oxazole rings is 1. The molecule has 0 bridgehead atoms. The Morgan fingerprint density at radius 1 is 1.08 bits per heavy atom. The molecule has 0 spiro atoms. The Kier molecular flexibility index (Phi) is 4.89. The monoisotopic (exact) mass is 517 g/mol. The predicted octanol–water partition coefficient (Wildman–Crippen LogP) is 5.72. The molecular weight excluding hydrogens is 510 g/mol. The molecule has 3 rings (SSSR count). The molecule has 0 saturated carbocycles. The first-order valence-electron chi connectivity index (χ1n) is 6.62. The number of rotatable bonds is 3. The van der Waals surface area contributed by atoms with Crippen LogP contribution in [0.15, 0.2) is 48.3 Å². The van der Waals surface area contributed by atoms with Gasteiger partial charge in [-0.3, -0.25) is 0 Å². The number of hydrogen-bond acceptors (Lipinski definition) is 5. The minimum atomic E-state index is -0.271. The highest BCUT2D eigenvalue weighted by Gasteiger charge is 2.19. The van der Waals surface area contributed by atoms with E-state index in [0.29, 0.717) is 31.9 Å². The highest BCUT2D eigenvalue weighted by Crippen LogP contribution is 2.45. The molecule has 8 heteroatoms. The summed E-state index contributed by atoms with van der Waals surface area (Å²) in [5.41, 5.74) is 1.33. The first kappa shape index (κ1) is 17.3. The number of aromatic hydroxyl groups is 2. The molecule has 0 unspecified atom stereocenters. The average molecular weight is 520 g/mol. The van der Waals surface area contributed by atoms with Crippen molar-refractivity contribution in [2.45, 2.75) is 0 Å². The molecule has 0 saturated heterocycles. The topological polar surface area (TPSA) is 75.7 Å². The van der Waals surface area contributed by atoms with Crippen LogP contribution < -0.4 is 4.74 Å². The van der Waals surface area contributed by atoms with Crippen LogP contribution in [0.5, 0.6) is 17.2 Å². The van der Waals surface area contributed by atoms with Gasteiger partial charge in [0.05, 0.1) is 27.8 Å². The van der Waals surface area contributed by atoms with Crippen molar-refractivity contribution in [1.29, 1.82) is 0 Å². The van der Waals surface area contributed by atoms with Crippen molar-refractivity contribution in [3.63, 3.8) is 0 Å². The maximum Gasteiger partial charge on any atom is 0.228 e. The Morgan fingerprint density at radius 2 is 1.83 bits per heavy atom. The quantitative estimate of drug-likeness (QED) is 0.433. The molecule has 0 aliphatic carbocycles. The van der Waals surface area contributed by atoms with Crippen LogP contribution in [0.25, 0.3) is 22.8 Å². The molecule has 3 aromatic rings. The largest absolute Gasteiger partial charge is 0.504 e. The molecule has 0 radical (unpaired) electrons. The van der Waals surface area contributed by atoms with Gasteiger partial charge in [-0.05, 0) is 72.1 Å². The van der Waals surface area contributed by atoms with E-state index in [1.54, 1.807) is 13.3 Å². The van der Waals surface area contributed by atoms with Gasteiger partial charge in [-0.25, -0.2) is 4.98 Å². The smallest absolute Gasteiger partial charge is 0.228 e. The third-order valence-corrected chi connectivity index (χ3v) is 6.08. The summed E-state index contributed by atoms with van der Waals surface area (Å²) < 4.78 is 12.7. The van der Waals surface area contributed by atoms with Crippen molar-refractivity contribution in [2.75, 3.05) is 7.11 Å². The summed E-state index contributed by atoms with van der Waals surface area (Å²) in [6.07, 6.45) is 1.59. The number of phenolic OH excluding ortho intramolecular Hbond substituents is 2. The van der Waals surface area contributed by atoms with E-state index in [0.717, 1.165) is 10.0 Å². The molecule has 0 aliphatic heterocycles. The van der Waals surface area contributed by atoms with E-state index in [4.69, 9.17) is 9.15 Å². The van der Waals surface area contributed by atoms with Gasteiger partial charge in [-0.15, -0.1) is 0 Å². The molecule has 0 amide bonds. The Balaban J connectivity index is 2.04. The molecule has 1 heterocycles. The minimum absolute atomic E-state index is 0.253. The Labute approximate surface area is 162 Å². The standard InChI is InChI=1S/C16H10Br3NO4/c1-23-11-3-2-7(4-9(11)17)12-6-20-16(24-12)8-5-10(21)15(22)14(19)13(8)18/h2-6,21-22H,1H3. The average Bonchev–Trinajstić information content (AvgIpc) is 3.06. The summed E-state index contributed by atoms with van der Waals surface area (Å²) in [7, 11) is 1.60. The lowest BCUT2D eigenvalue weighted by Crippen LogP contribution is -1.84. The van der Waals surface area contributed by atoms with Crippen LogP contribution in [0, 0.1) is 0 Å². The third kappa shape index (κ3) is 3.05. The number of benzene rings is 2. The van der Waals surface area contributed by atoms with Crippen LogP contribution in [-0.4, -0.2) is 22.3 Å². The third-order valence-electron chi connectivity index (χ3n) is 3.33. The van der Waals surface area contributed by atoms with Gasteiger partial charge in [-0.2, -0.15) is 0 Å². The summed E-state index contributed by atoms with van der Waals surface area (Å²) in [5.74, 6) is 1.06. The van der Waals surface area contributed by atoms with Gasteiger partial charge in [0.15, 0.2) is 17.3 Å². The normalized spacial score (nSPS) is 10.8. The number of phenols is 2. The zero-order chi connectivity index (χ0) is 17.4. The van der Waals surface area contributed by atoms with Gasteiger partial charge >= 0.3 is 0 Å². The molecule has 0 aliphatic rings. The van der Waals surface area contributed by atoms with Crippen molar-refractivity contribution >= 4 is 47.8 Å². The highest BCUT2D eigenvalue weighted by molar-refractivity contribution is 9.13. The molecule has 1 aromatic heterocycles. The summed E-state index contributed by atoms with van der Waals surface area (Å²) >= 11 is 10.00. The number of hydrogen-bond donors (Lipinski definition) is 2. The van der Waals surface area contributed by atoms with Gasteiger partial charge in [0.25, 0.3) is 0 Å². The molecule has 2 aromatic carbocycles. The van der Waals surface area contributed by atoms with Crippen LogP contribution in [0.3, 0.4) is 0 Å². The molecule has 24 heavy (non-hydrogen) atoms. The number of aromatic nitrogens is 1. The van der Waals surface area contributed by atoms with Crippen LogP contribution in [0.4, 0.5) is 0 Å². The molecule has 0 atom stereocenters. The summed E-state index contributed by atoms with van der Waals surface area (Å²) in [6, 6.07) is 6.92. The zero-order valence-corrected chi connectivity index (χ0v) is 16.9. The van der Waals surface area contributed by atoms with E-state index in [2.05, 4.69) is 52.8 Å². The number of halogens is 3. The lowest BCUT2D eigenvalue weighted by atomic mass is 10.2. The van der Waals surface area contributed by atoms with E-state index in [1.165, 1.54) is 6.07 Å².